The number of carbonyl (C=O) groups excluding carboxylic acids is 1. The van der Waals surface area contributed by atoms with Crippen LogP contribution in [-0.4, -0.2) is 40.5 Å². The number of ether oxygens (including phenoxy) is 1. The summed E-state index contributed by atoms with van der Waals surface area (Å²) in [6.45, 7) is 3.77. The van der Waals surface area contributed by atoms with Crippen molar-refractivity contribution in [2.45, 2.75) is 18.8 Å². The molecule has 3 aromatic rings. The van der Waals surface area contributed by atoms with Crippen LogP contribution < -0.4 is 4.74 Å². The third-order valence-corrected chi connectivity index (χ3v) is 5.54. The number of likely N-dealkylation sites (tertiary alicyclic amines) is 1. The normalized spacial score (nSPS) is 20.7. The van der Waals surface area contributed by atoms with Gasteiger partial charge in [-0.15, -0.1) is 0 Å². The lowest BCUT2D eigenvalue weighted by atomic mass is 9.81. The third kappa shape index (κ3) is 2.60. The Balaban J connectivity index is 1.45. The zero-order valence-corrected chi connectivity index (χ0v) is 15.0. The number of nitrogens with zero attached hydrogens (tertiary/aromatic N) is 3. The monoisotopic (exact) mass is 361 g/mol. The number of benzene rings is 1. The Morgan fingerprint density at radius 3 is 2.78 bits per heavy atom. The zero-order chi connectivity index (χ0) is 18.4. The molecule has 5 rings (SSSR count). The maximum Gasteiger partial charge on any atom is 0.289 e. The summed E-state index contributed by atoms with van der Waals surface area (Å²) in [4.78, 5) is 22.9. The number of hydrogen-bond donors (Lipinski definition) is 0. The van der Waals surface area contributed by atoms with Crippen molar-refractivity contribution >= 4 is 5.91 Å². The molecule has 1 unspecified atom stereocenters. The molecule has 1 amide bonds. The molecule has 1 spiro atoms. The Morgan fingerprint density at radius 2 is 2.00 bits per heavy atom. The first-order valence-corrected chi connectivity index (χ1v) is 9.03. The predicted molar refractivity (Wildman–Crippen MR) is 98.6 cm³/mol. The van der Waals surface area contributed by atoms with Crippen LogP contribution >= 0.6 is 0 Å². The van der Waals surface area contributed by atoms with Crippen molar-refractivity contribution in [3.8, 4) is 16.9 Å². The number of fused-ring (bicyclic) bond motifs is 2. The average molecular weight is 361 g/mol. The van der Waals surface area contributed by atoms with Crippen molar-refractivity contribution in [3.05, 3.63) is 66.1 Å². The quantitative estimate of drug-likeness (QED) is 0.701. The molecule has 2 aliphatic rings. The number of rotatable bonds is 2. The number of hydrogen-bond acceptors (Lipinski definition) is 5. The van der Waals surface area contributed by atoms with Gasteiger partial charge in [-0.1, -0.05) is 6.07 Å². The lowest BCUT2D eigenvalue weighted by Gasteiger charge is -2.23. The molecule has 27 heavy (non-hydrogen) atoms. The summed E-state index contributed by atoms with van der Waals surface area (Å²) in [6.07, 6.45) is 6.01. The van der Waals surface area contributed by atoms with Gasteiger partial charge in [0.25, 0.3) is 5.91 Å². The van der Waals surface area contributed by atoms with Crippen LogP contribution in [0.5, 0.6) is 5.75 Å². The van der Waals surface area contributed by atoms with Gasteiger partial charge in [-0.3, -0.25) is 4.79 Å². The minimum Gasteiger partial charge on any atom is -0.492 e. The summed E-state index contributed by atoms with van der Waals surface area (Å²) < 4.78 is 11.5. The average Bonchev–Trinajstić information content (AvgIpc) is 3.42. The highest BCUT2D eigenvalue weighted by Gasteiger charge is 2.47. The van der Waals surface area contributed by atoms with Crippen molar-refractivity contribution < 1.29 is 13.9 Å². The van der Waals surface area contributed by atoms with Crippen molar-refractivity contribution in [2.75, 3.05) is 19.7 Å². The summed E-state index contributed by atoms with van der Waals surface area (Å²) in [5, 5.41) is 0. The SMILES string of the molecule is Cc1ccc(C(=O)N2CCC3(COc4ccc(-c5cncnc5)cc43)C2)o1. The van der Waals surface area contributed by atoms with Gasteiger partial charge in [-0.25, -0.2) is 9.97 Å². The van der Waals surface area contributed by atoms with E-state index < -0.39 is 0 Å². The Hall–Kier alpha value is -3.15. The standard InChI is InChI=1S/C21H19N3O3/c1-14-2-4-19(27-14)20(25)24-7-6-21(11-24)12-26-18-5-3-15(8-17(18)21)16-9-22-13-23-10-16/h2-5,8-10,13H,6-7,11-12H2,1H3. The predicted octanol–water partition coefficient (Wildman–Crippen LogP) is 3.22. The number of furan rings is 1. The molecule has 1 fully saturated rings. The van der Waals surface area contributed by atoms with Gasteiger partial charge >= 0.3 is 0 Å². The van der Waals surface area contributed by atoms with Crippen LogP contribution in [0.25, 0.3) is 11.1 Å². The Labute approximate surface area is 156 Å². The minimum atomic E-state index is -0.168. The Morgan fingerprint density at radius 1 is 1.15 bits per heavy atom. The van der Waals surface area contributed by atoms with Gasteiger partial charge in [-0.05, 0) is 43.2 Å². The van der Waals surface area contributed by atoms with Crippen molar-refractivity contribution in [1.82, 2.24) is 14.9 Å². The summed E-state index contributed by atoms with van der Waals surface area (Å²) in [5.74, 6) is 2.00. The Kier molecular flexibility index (Phi) is 3.53. The van der Waals surface area contributed by atoms with E-state index in [-0.39, 0.29) is 11.3 Å². The van der Waals surface area contributed by atoms with Crippen LogP contribution in [0.4, 0.5) is 0 Å². The van der Waals surface area contributed by atoms with Gasteiger partial charge in [-0.2, -0.15) is 0 Å². The van der Waals surface area contributed by atoms with Gasteiger partial charge in [0, 0.05) is 36.6 Å². The van der Waals surface area contributed by atoms with Gasteiger partial charge in [0.1, 0.15) is 17.8 Å². The first kappa shape index (κ1) is 16.1. The molecule has 0 radical (unpaired) electrons. The van der Waals surface area contributed by atoms with Gasteiger partial charge in [0.15, 0.2) is 5.76 Å². The summed E-state index contributed by atoms with van der Waals surface area (Å²) in [5.41, 5.74) is 3.03. The van der Waals surface area contributed by atoms with E-state index in [1.165, 1.54) is 6.33 Å². The van der Waals surface area contributed by atoms with Crippen LogP contribution in [-0.2, 0) is 5.41 Å². The van der Waals surface area contributed by atoms with Gasteiger partial charge < -0.3 is 14.1 Å². The van der Waals surface area contributed by atoms with E-state index in [0.717, 1.165) is 34.6 Å². The first-order chi connectivity index (χ1) is 13.1. The molecule has 2 aliphatic heterocycles. The highest BCUT2D eigenvalue weighted by atomic mass is 16.5. The summed E-state index contributed by atoms with van der Waals surface area (Å²) in [7, 11) is 0. The summed E-state index contributed by atoms with van der Waals surface area (Å²) >= 11 is 0. The number of aryl methyl sites for hydroxylation is 1. The second-order valence-corrected chi connectivity index (χ2v) is 7.29. The molecule has 6 heteroatoms. The highest BCUT2D eigenvalue weighted by molar-refractivity contribution is 5.92. The molecular weight excluding hydrogens is 342 g/mol. The molecule has 1 saturated heterocycles. The number of aromatic nitrogens is 2. The second kappa shape index (κ2) is 5.94. The maximum atomic E-state index is 12.8. The molecular formula is C21H19N3O3. The van der Waals surface area contributed by atoms with Crippen LogP contribution in [0.2, 0.25) is 0 Å². The number of amides is 1. The van der Waals surface area contributed by atoms with Crippen LogP contribution in [0.15, 0.2) is 53.5 Å². The molecule has 2 aromatic heterocycles. The second-order valence-electron chi connectivity index (χ2n) is 7.29. The fourth-order valence-corrected chi connectivity index (χ4v) is 4.08. The van der Waals surface area contributed by atoms with E-state index in [0.29, 0.717) is 25.5 Å². The van der Waals surface area contributed by atoms with E-state index in [4.69, 9.17) is 9.15 Å². The highest BCUT2D eigenvalue weighted by Crippen LogP contribution is 2.46. The van der Waals surface area contributed by atoms with Crippen molar-refractivity contribution in [1.29, 1.82) is 0 Å². The molecule has 4 heterocycles. The molecule has 0 N–H and O–H groups in total. The fourth-order valence-electron chi connectivity index (χ4n) is 4.08. The molecule has 136 valence electrons. The zero-order valence-electron chi connectivity index (χ0n) is 15.0. The third-order valence-electron chi connectivity index (χ3n) is 5.54. The van der Waals surface area contributed by atoms with Crippen molar-refractivity contribution in [2.24, 2.45) is 0 Å². The number of carbonyl (C=O) groups is 1. The van der Waals surface area contributed by atoms with Gasteiger partial charge in [0.2, 0.25) is 0 Å². The topological polar surface area (TPSA) is 68.5 Å². The molecule has 6 nitrogen and oxygen atoms in total. The van der Waals surface area contributed by atoms with Crippen LogP contribution in [0.3, 0.4) is 0 Å². The van der Waals surface area contributed by atoms with Gasteiger partial charge in [0.05, 0.1) is 12.0 Å². The molecule has 1 aromatic carbocycles. The van der Waals surface area contributed by atoms with Crippen LogP contribution in [0.1, 0.15) is 28.3 Å². The van der Waals surface area contributed by atoms with E-state index >= 15 is 0 Å². The van der Waals surface area contributed by atoms with E-state index in [9.17, 15) is 4.79 Å². The van der Waals surface area contributed by atoms with E-state index in [2.05, 4.69) is 16.0 Å². The maximum absolute atomic E-state index is 12.8. The first-order valence-electron chi connectivity index (χ1n) is 9.03. The largest absolute Gasteiger partial charge is 0.492 e. The van der Waals surface area contributed by atoms with Crippen LogP contribution in [0, 0.1) is 6.92 Å². The molecule has 0 bridgehead atoms. The molecule has 1 atom stereocenters. The molecule has 0 saturated carbocycles. The lowest BCUT2D eigenvalue weighted by Crippen LogP contribution is -2.35. The van der Waals surface area contributed by atoms with E-state index in [1.54, 1.807) is 18.5 Å². The summed E-state index contributed by atoms with van der Waals surface area (Å²) in [6, 6.07) is 9.76. The van der Waals surface area contributed by atoms with E-state index in [1.807, 2.05) is 30.0 Å². The lowest BCUT2D eigenvalue weighted by molar-refractivity contribution is 0.0748. The fraction of sp³-hybridized carbons (Fsp3) is 0.286. The van der Waals surface area contributed by atoms with Crippen molar-refractivity contribution in [3.63, 3.8) is 0 Å². The smallest absolute Gasteiger partial charge is 0.289 e. The minimum absolute atomic E-state index is 0.0546. The Bertz CT molecular complexity index is 1010. The molecule has 0 aliphatic carbocycles.